The maximum atomic E-state index is 11.6. The van der Waals surface area contributed by atoms with Gasteiger partial charge in [-0.2, -0.15) is 5.10 Å². The van der Waals surface area contributed by atoms with Gasteiger partial charge in [-0.1, -0.05) is 18.2 Å². The van der Waals surface area contributed by atoms with Gasteiger partial charge in [0.05, 0.1) is 11.9 Å². The van der Waals surface area contributed by atoms with Crippen molar-refractivity contribution in [3.8, 4) is 0 Å². The quantitative estimate of drug-likeness (QED) is 0.877. The molecule has 0 spiro atoms. The number of anilines is 2. The fourth-order valence-corrected chi connectivity index (χ4v) is 1.71. The highest BCUT2D eigenvalue weighted by atomic mass is 16.2. The standard InChI is InChI=1S/C12H14N4O/c1-2-15-11(8-9-14-15)16(12(13)17)10-6-4-3-5-7-10/h3-9H,2H2,1H3,(H2,13,17). The molecule has 2 N–H and O–H groups in total. The molecular formula is C12H14N4O. The average molecular weight is 230 g/mol. The van der Waals surface area contributed by atoms with Crippen LogP contribution in [0.2, 0.25) is 0 Å². The van der Waals surface area contributed by atoms with Crippen LogP contribution >= 0.6 is 0 Å². The maximum Gasteiger partial charge on any atom is 0.325 e. The number of nitrogens with zero attached hydrogens (tertiary/aromatic N) is 3. The fourth-order valence-electron chi connectivity index (χ4n) is 1.71. The van der Waals surface area contributed by atoms with Crippen LogP contribution in [-0.4, -0.2) is 15.8 Å². The lowest BCUT2D eigenvalue weighted by molar-refractivity contribution is 0.255. The molecule has 5 heteroatoms. The van der Waals surface area contributed by atoms with E-state index in [1.165, 1.54) is 4.90 Å². The van der Waals surface area contributed by atoms with Crippen molar-refractivity contribution in [2.75, 3.05) is 4.90 Å². The zero-order valence-corrected chi connectivity index (χ0v) is 9.58. The summed E-state index contributed by atoms with van der Waals surface area (Å²) in [6.07, 6.45) is 1.65. The number of aryl methyl sites for hydroxylation is 1. The number of rotatable bonds is 3. The van der Waals surface area contributed by atoms with Gasteiger partial charge >= 0.3 is 6.03 Å². The topological polar surface area (TPSA) is 64.2 Å². The van der Waals surface area contributed by atoms with E-state index in [1.807, 2.05) is 37.3 Å². The lowest BCUT2D eigenvalue weighted by Crippen LogP contribution is -2.33. The summed E-state index contributed by atoms with van der Waals surface area (Å²) < 4.78 is 1.72. The van der Waals surface area contributed by atoms with Crippen molar-refractivity contribution < 1.29 is 4.79 Å². The van der Waals surface area contributed by atoms with Crippen molar-refractivity contribution in [3.63, 3.8) is 0 Å². The third kappa shape index (κ3) is 2.13. The maximum absolute atomic E-state index is 11.6. The summed E-state index contributed by atoms with van der Waals surface area (Å²) in [5.74, 6) is 0.672. The summed E-state index contributed by atoms with van der Waals surface area (Å²) in [5, 5.41) is 4.13. The number of hydrogen-bond acceptors (Lipinski definition) is 2. The van der Waals surface area contributed by atoms with Crippen molar-refractivity contribution in [1.29, 1.82) is 0 Å². The van der Waals surface area contributed by atoms with Crippen molar-refractivity contribution >= 4 is 17.5 Å². The summed E-state index contributed by atoms with van der Waals surface area (Å²) in [6.45, 7) is 2.64. The predicted molar refractivity (Wildman–Crippen MR) is 66.1 cm³/mol. The van der Waals surface area contributed by atoms with Crippen LogP contribution in [0.3, 0.4) is 0 Å². The number of carbonyl (C=O) groups is 1. The number of carbonyl (C=O) groups excluding carboxylic acids is 1. The molecule has 0 aliphatic heterocycles. The minimum Gasteiger partial charge on any atom is -0.351 e. The van der Waals surface area contributed by atoms with E-state index in [2.05, 4.69) is 5.10 Å². The molecule has 2 amide bonds. The molecule has 0 saturated heterocycles. The second-order valence-corrected chi connectivity index (χ2v) is 3.51. The van der Waals surface area contributed by atoms with Crippen LogP contribution in [0.5, 0.6) is 0 Å². The first kappa shape index (κ1) is 11.2. The SMILES string of the molecule is CCn1nccc1N(C(N)=O)c1ccccc1. The van der Waals surface area contributed by atoms with E-state index in [0.717, 1.165) is 5.69 Å². The molecular weight excluding hydrogens is 216 g/mol. The number of benzene rings is 1. The van der Waals surface area contributed by atoms with Crippen LogP contribution in [0.1, 0.15) is 6.92 Å². The van der Waals surface area contributed by atoms with Gasteiger partial charge < -0.3 is 5.73 Å². The van der Waals surface area contributed by atoms with Crippen molar-refractivity contribution in [2.45, 2.75) is 13.5 Å². The minimum absolute atomic E-state index is 0.522. The number of nitrogens with two attached hydrogens (primary N) is 1. The molecule has 1 aromatic heterocycles. The van der Waals surface area contributed by atoms with Crippen molar-refractivity contribution in [3.05, 3.63) is 42.6 Å². The van der Waals surface area contributed by atoms with Gasteiger partial charge in [0.2, 0.25) is 0 Å². The van der Waals surface area contributed by atoms with Gasteiger partial charge in [0.25, 0.3) is 0 Å². The van der Waals surface area contributed by atoms with E-state index in [1.54, 1.807) is 16.9 Å². The zero-order valence-electron chi connectivity index (χ0n) is 9.58. The van der Waals surface area contributed by atoms with Crippen molar-refractivity contribution in [2.24, 2.45) is 5.73 Å². The van der Waals surface area contributed by atoms with Gasteiger partial charge in [-0.05, 0) is 19.1 Å². The van der Waals surface area contributed by atoms with E-state index >= 15 is 0 Å². The normalized spacial score (nSPS) is 10.2. The Morgan fingerprint density at radius 2 is 2.06 bits per heavy atom. The number of amides is 2. The number of aromatic nitrogens is 2. The molecule has 0 unspecified atom stereocenters. The molecule has 0 saturated carbocycles. The van der Waals surface area contributed by atoms with E-state index < -0.39 is 6.03 Å². The highest BCUT2D eigenvalue weighted by Crippen LogP contribution is 2.24. The fraction of sp³-hybridized carbons (Fsp3) is 0.167. The Bertz CT molecular complexity index is 506. The summed E-state index contributed by atoms with van der Waals surface area (Å²) >= 11 is 0. The second kappa shape index (κ2) is 4.69. The molecule has 0 radical (unpaired) electrons. The molecule has 88 valence electrons. The predicted octanol–water partition coefficient (Wildman–Crippen LogP) is 2.12. The van der Waals surface area contributed by atoms with Gasteiger partial charge in [-0.25, -0.2) is 14.4 Å². The Morgan fingerprint density at radius 1 is 1.35 bits per heavy atom. The van der Waals surface area contributed by atoms with Crippen LogP contribution in [-0.2, 0) is 6.54 Å². The monoisotopic (exact) mass is 230 g/mol. The molecule has 1 heterocycles. The molecule has 5 nitrogen and oxygen atoms in total. The third-order valence-corrected chi connectivity index (χ3v) is 2.46. The molecule has 0 aliphatic rings. The smallest absolute Gasteiger partial charge is 0.325 e. The molecule has 1 aromatic carbocycles. The van der Waals surface area contributed by atoms with Crippen LogP contribution in [0, 0.1) is 0 Å². The first-order valence-corrected chi connectivity index (χ1v) is 5.40. The molecule has 2 rings (SSSR count). The first-order chi connectivity index (χ1) is 8.24. The van der Waals surface area contributed by atoms with E-state index in [0.29, 0.717) is 12.4 Å². The van der Waals surface area contributed by atoms with E-state index in [9.17, 15) is 4.79 Å². The second-order valence-electron chi connectivity index (χ2n) is 3.51. The molecule has 0 atom stereocenters. The number of para-hydroxylation sites is 1. The lowest BCUT2D eigenvalue weighted by Gasteiger charge is -2.20. The number of primary amides is 1. The van der Waals surface area contributed by atoms with Gasteiger partial charge in [0.1, 0.15) is 5.82 Å². The molecule has 0 bridgehead atoms. The average Bonchev–Trinajstić information content (AvgIpc) is 2.78. The lowest BCUT2D eigenvalue weighted by atomic mass is 10.3. The Labute approximate surface area is 99.5 Å². The van der Waals surface area contributed by atoms with Gasteiger partial charge in [-0.3, -0.25) is 0 Å². The highest BCUT2D eigenvalue weighted by molar-refractivity contribution is 5.97. The van der Waals surface area contributed by atoms with Crippen LogP contribution in [0.15, 0.2) is 42.6 Å². The number of urea groups is 1. The Balaban J connectivity index is 2.47. The summed E-state index contributed by atoms with van der Waals surface area (Å²) in [5.41, 5.74) is 6.16. The summed E-state index contributed by atoms with van der Waals surface area (Å²) in [4.78, 5) is 13.0. The highest BCUT2D eigenvalue weighted by Gasteiger charge is 2.18. The van der Waals surface area contributed by atoms with Crippen LogP contribution in [0.4, 0.5) is 16.3 Å². The van der Waals surface area contributed by atoms with Crippen molar-refractivity contribution in [1.82, 2.24) is 9.78 Å². The van der Waals surface area contributed by atoms with Gasteiger partial charge in [0, 0.05) is 12.6 Å². The Morgan fingerprint density at radius 3 is 2.65 bits per heavy atom. The Kier molecular flexibility index (Phi) is 3.09. The largest absolute Gasteiger partial charge is 0.351 e. The molecule has 0 aliphatic carbocycles. The van der Waals surface area contributed by atoms with Gasteiger partial charge in [-0.15, -0.1) is 0 Å². The molecule has 17 heavy (non-hydrogen) atoms. The van der Waals surface area contributed by atoms with E-state index in [4.69, 9.17) is 5.73 Å². The minimum atomic E-state index is -0.522. The summed E-state index contributed by atoms with van der Waals surface area (Å²) in [7, 11) is 0. The van der Waals surface area contributed by atoms with Crippen LogP contribution in [0.25, 0.3) is 0 Å². The van der Waals surface area contributed by atoms with Crippen LogP contribution < -0.4 is 10.6 Å². The number of hydrogen-bond donors (Lipinski definition) is 1. The Hall–Kier alpha value is -2.30. The van der Waals surface area contributed by atoms with E-state index in [-0.39, 0.29) is 0 Å². The van der Waals surface area contributed by atoms with Gasteiger partial charge in [0.15, 0.2) is 0 Å². The summed E-state index contributed by atoms with van der Waals surface area (Å²) in [6, 6.07) is 10.5. The molecule has 2 aromatic rings. The zero-order chi connectivity index (χ0) is 12.3. The third-order valence-electron chi connectivity index (χ3n) is 2.46. The first-order valence-electron chi connectivity index (χ1n) is 5.40. The molecule has 0 fully saturated rings.